The number of H-pyrrole nitrogens is 2. The van der Waals surface area contributed by atoms with Gasteiger partial charge in [-0.2, -0.15) is 0 Å². The van der Waals surface area contributed by atoms with Crippen LogP contribution in [-0.2, 0) is 6.42 Å². The third-order valence-corrected chi connectivity index (χ3v) is 4.24. The minimum absolute atomic E-state index is 0.883. The van der Waals surface area contributed by atoms with E-state index < -0.39 is 0 Å². The molecule has 0 aliphatic heterocycles. The van der Waals surface area contributed by atoms with E-state index in [0.717, 1.165) is 47.5 Å². The largest absolute Gasteiger partial charge is 0.345 e. The van der Waals surface area contributed by atoms with E-state index >= 15 is 0 Å². The van der Waals surface area contributed by atoms with E-state index in [4.69, 9.17) is 4.98 Å². The molecule has 0 aliphatic carbocycles. The molecule has 1 aromatic carbocycles. The van der Waals surface area contributed by atoms with Crippen molar-refractivity contribution in [3.8, 4) is 11.4 Å². The fourth-order valence-corrected chi connectivity index (χ4v) is 2.75. The first kappa shape index (κ1) is 14.6. The summed E-state index contributed by atoms with van der Waals surface area (Å²) in [6.07, 6.45) is 6.69. The Morgan fingerprint density at radius 1 is 1.18 bits per heavy atom. The third kappa shape index (κ3) is 2.82. The molecule has 0 saturated carbocycles. The van der Waals surface area contributed by atoms with Gasteiger partial charge >= 0.3 is 0 Å². The van der Waals surface area contributed by atoms with Gasteiger partial charge in [0.15, 0.2) is 0 Å². The standard InChI is InChI=1S/C18H22N4/c1-4-12(3)13(5-2)11-17-21-15-7-6-14(10-16(15)22-17)18-19-8-9-20-18/h6-10H,4-5,11H2,1-3H3,(H,19,20)(H,21,22)/b13-12-. The molecule has 22 heavy (non-hydrogen) atoms. The molecule has 3 aromatic rings. The molecule has 0 unspecified atom stereocenters. The molecule has 114 valence electrons. The summed E-state index contributed by atoms with van der Waals surface area (Å²) in [5.74, 6) is 1.92. The first-order valence-electron chi connectivity index (χ1n) is 7.87. The first-order valence-corrected chi connectivity index (χ1v) is 7.87. The third-order valence-electron chi connectivity index (χ3n) is 4.24. The molecular weight excluding hydrogens is 272 g/mol. The Morgan fingerprint density at radius 3 is 2.73 bits per heavy atom. The quantitative estimate of drug-likeness (QED) is 0.674. The van der Waals surface area contributed by atoms with Crippen LogP contribution in [0.2, 0.25) is 0 Å². The average Bonchev–Trinajstić information content (AvgIpc) is 3.19. The maximum Gasteiger partial charge on any atom is 0.137 e. The Bertz CT molecular complexity index is 794. The first-order chi connectivity index (χ1) is 10.7. The van der Waals surface area contributed by atoms with Crippen LogP contribution in [0.3, 0.4) is 0 Å². The molecule has 0 saturated heterocycles. The van der Waals surface area contributed by atoms with E-state index in [-0.39, 0.29) is 0 Å². The van der Waals surface area contributed by atoms with Crippen molar-refractivity contribution in [2.45, 2.75) is 40.0 Å². The molecule has 0 fully saturated rings. The van der Waals surface area contributed by atoms with Gasteiger partial charge in [0.1, 0.15) is 11.6 Å². The fraction of sp³-hybridized carbons (Fsp3) is 0.333. The van der Waals surface area contributed by atoms with Gasteiger partial charge in [-0.15, -0.1) is 0 Å². The van der Waals surface area contributed by atoms with Crippen molar-refractivity contribution in [1.29, 1.82) is 0 Å². The van der Waals surface area contributed by atoms with Crippen molar-refractivity contribution in [2.24, 2.45) is 0 Å². The smallest absolute Gasteiger partial charge is 0.137 e. The number of nitrogens with zero attached hydrogens (tertiary/aromatic N) is 2. The molecule has 0 radical (unpaired) electrons. The van der Waals surface area contributed by atoms with Gasteiger partial charge in [-0.1, -0.05) is 25.0 Å². The van der Waals surface area contributed by atoms with Crippen molar-refractivity contribution in [3.63, 3.8) is 0 Å². The lowest BCUT2D eigenvalue weighted by Gasteiger charge is -2.06. The Hall–Kier alpha value is -2.36. The van der Waals surface area contributed by atoms with Crippen LogP contribution in [0.1, 0.15) is 39.4 Å². The molecule has 4 nitrogen and oxygen atoms in total. The summed E-state index contributed by atoms with van der Waals surface area (Å²) < 4.78 is 0. The minimum Gasteiger partial charge on any atom is -0.345 e. The van der Waals surface area contributed by atoms with E-state index in [0.29, 0.717) is 0 Å². The van der Waals surface area contributed by atoms with Gasteiger partial charge in [-0.05, 0) is 38.0 Å². The van der Waals surface area contributed by atoms with Gasteiger partial charge in [0.25, 0.3) is 0 Å². The van der Waals surface area contributed by atoms with Crippen molar-refractivity contribution in [2.75, 3.05) is 0 Å². The minimum atomic E-state index is 0.883. The summed E-state index contributed by atoms with van der Waals surface area (Å²) >= 11 is 0. The number of benzene rings is 1. The summed E-state index contributed by atoms with van der Waals surface area (Å²) in [4.78, 5) is 15.6. The molecule has 0 spiro atoms. The summed E-state index contributed by atoms with van der Waals surface area (Å²) in [5.41, 5.74) is 6.10. The zero-order valence-electron chi connectivity index (χ0n) is 13.4. The monoisotopic (exact) mass is 294 g/mol. The normalized spacial score (nSPS) is 12.7. The van der Waals surface area contributed by atoms with Gasteiger partial charge in [0.2, 0.25) is 0 Å². The number of hydrogen-bond donors (Lipinski definition) is 2. The zero-order valence-corrected chi connectivity index (χ0v) is 13.4. The van der Waals surface area contributed by atoms with Crippen LogP contribution in [0.15, 0.2) is 41.7 Å². The number of aromatic amines is 2. The second-order valence-electron chi connectivity index (χ2n) is 5.62. The maximum atomic E-state index is 4.72. The number of hydrogen-bond acceptors (Lipinski definition) is 2. The highest BCUT2D eigenvalue weighted by Gasteiger charge is 2.08. The number of allylic oxidation sites excluding steroid dienone is 2. The maximum absolute atomic E-state index is 4.72. The van der Waals surface area contributed by atoms with Crippen LogP contribution in [0.5, 0.6) is 0 Å². The summed E-state index contributed by atoms with van der Waals surface area (Å²) in [5, 5.41) is 0. The van der Waals surface area contributed by atoms with Crippen molar-refractivity contribution >= 4 is 11.0 Å². The van der Waals surface area contributed by atoms with E-state index in [1.165, 1.54) is 11.1 Å². The van der Waals surface area contributed by atoms with E-state index in [1.54, 1.807) is 6.20 Å². The Labute approximate surface area is 130 Å². The lowest BCUT2D eigenvalue weighted by Crippen LogP contribution is -1.95. The van der Waals surface area contributed by atoms with Crippen LogP contribution in [0, 0.1) is 0 Å². The molecule has 2 N–H and O–H groups in total. The molecule has 2 aromatic heterocycles. The van der Waals surface area contributed by atoms with Crippen LogP contribution in [-0.4, -0.2) is 19.9 Å². The van der Waals surface area contributed by atoms with Crippen molar-refractivity contribution < 1.29 is 0 Å². The number of rotatable bonds is 5. The highest BCUT2D eigenvalue weighted by molar-refractivity contribution is 5.80. The molecular formula is C18H22N4. The molecule has 0 bridgehead atoms. The second-order valence-corrected chi connectivity index (χ2v) is 5.62. The summed E-state index contributed by atoms with van der Waals surface area (Å²) in [7, 11) is 0. The lowest BCUT2D eigenvalue weighted by atomic mass is 10.0. The summed E-state index contributed by atoms with van der Waals surface area (Å²) in [6.45, 7) is 6.64. The van der Waals surface area contributed by atoms with Crippen LogP contribution < -0.4 is 0 Å². The highest BCUT2D eigenvalue weighted by atomic mass is 14.9. The fourth-order valence-electron chi connectivity index (χ4n) is 2.75. The van der Waals surface area contributed by atoms with E-state index in [9.17, 15) is 0 Å². The molecule has 4 heteroatoms. The molecule has 0 aliphatic rings. The molecule has 0 amide bonds. The SMILES string of the molecule is CC/C(C)=C(/CC)Cc1nc2ccc(-c3ncc[nH]3)cc2[nH]1. The van der Waals surface area contributed by atoms with E-state index in [2.05, 4.69) is 53.9 Å². The lowest BCUT2D eigenvalue weighted by molar-refractivity contribution is 0.894. The zero-order chi connectivity index (χ0) is 15.5. The summed E-state index contributed by atoms with van der Waals surface area (Å²) in [6, 6.07) is 6.21. The van der Waals surface area contributed by atoms with Gasteiger partial charge < -0.3 is 9.97 Å². The second kappa shape index (κ2) is 6.18. The number of aromatic nitrogens is 4. The Kier molecular flexibility index (Phi) is 4.09. The predicted molar refractivity (Wildman–Crippen MR) is 90.7 cm³/mol. The predicted octanol–water partition coefficient (Wildman–Crippen LogP) is 4.63. The number of nitrogens with one attached hydrogen (secondary N) is 2. The topological polar surface area (TPSA) is 57.4 Å². The van der Waals surface area contributed by atoms with Crippen LogP contribution in [0.25, 0.3) is 22.4 Å². The van der Waals surface area contributed by atoms with Gasteiger partial charge in [0, 0.05) is 24.4 Å². The Morgan fingerprint density at radius 2 is 2.05 bits per heavy atom. The molecule has 3 rings (SSSR count). The molecule has 2 heterocycles. The van der Waals surface area contributed by atoms with Gasteiger partial charge in [-0.25, -0.2) is 9.97 Å². The van der Waals surface area contributed by atoms with Crippen molar-refractivity contribution in [3.05, 3.63) is 47.6 Å². The van der Waals surface area contributed by atoms with Crippen LogP contribution in [0.4, 0.5) is 0 Å². The highest BCUT2D eigenvalue weighted by Crippen LogP contribution is 2.22. The van der Waals surface area contributed by atoms with Gasteiger partial charge in [-0.3, -0.25) is 0 Å². The molecule has 0 atom stereocenters. The Balaban J connectivity index is 1.93. The van der Waals surface area contributed by atoms with Crippen molar-refractivity contribution in [1.82, 2.24) is 19.9 Å². The average molecular weight is 294 g/mol. The van der Waals surface area contributed by atoms with Gasteiger partial charge in [0.05, 0.1) is 11.0 Å². The number of imidazole rings is 2. The van der Waals surface area contributed by atoms with E-state index in [1.807, 2.05) is 6.20 Å². The number of fused-ring (bicyclic) bond motifs is 1. The van der Waals surface area contributed by atoms with Crippen LogP contribution >= 0.6 is 0 Å².